The Kier molecular flexibility index (Phi) is 3.48. The van der Waals surface area contributed by atoms with Gasteiger partial charge in [0.25, 0.3) is 10.0 Å². The van der Waals surface area contributed by atoms with Crippen molar-refractivity contribution in [3.63, 3.8) is 0 Å². The molecule has 122 valence electrons. The van der Waals surface area contributed by atoms with Crippen molar-refractivity contribution < 1.29 is 8.42 Å². The molecule has 0 atom stereocenters. The zero-order valence-electron chi connectivity index (χ0n) is 11.8. The molecular formula is C14H9BrN4O3S2. The second-order valence-corrected chi connectivity index (χ2v) is 8.86. The molecule has 0 aliphatic heterocycles. The van der Waals surface area contributed by atoms with Gasteiger partial charge in [-0.3, -0.25) is 9.71 Å². The monoisotopic (exact) mass is 424 g/mol. The van der Waals surface area contributed by atoms with Crippen LogP contribution in [0, 0.1) is 0 Å². The molecule has 0 fully saturated rings. The van der Waals surface area contributed by atoms with Crippen molar-refractivity contribution in [2.75, 3.05) is 4.72 Å². The number of hydrogen-bond donors (Lipinski definition) is 3. The zero-order chi connectivity index (χ0) is 16.9. The lowest BCUT2D eigenvalue weighted by atomic mass is 10.3. The Bertz CT molecular complexity index is 1240. The maximum absolute atomic E-state index is 12.7. The third kappa shape index (κ3) is 2.52. The Balaban J connectivity index is 1.81. The molecule has 0 saturated heterocycles. The second-order valence-electron chi connectivity index (χ2n) is 5.01. The Hall–Kier alpha value is -2.17. The largest absolute Gasteiger partial charge is 0.323 e. The minimum Gasteiger partial charge on any atom is -0.306 e. The lowest BCUT2D eigenvalue weighted by Gasteiger charge is -2.06. The van der Waals surface area contributed by atoms with E-state index in [-0.39, 0.29) is 4.21 Å². The average Bonchev–Trinajstić information content (AvgIpc) is 3.11. The number of anilines is 1. The maximum atomic E-state index is 12.7. The normalized spacial score (nSPS) is 12.0. The molecule has 3 heterocycles. The quantitative estimate of drug-likeness (QED) is 0.469. The van der Waals surface area contributed by atoms with Crippen molar-refractivity contribution in [1.82, 2.24) is 15.0 Å². The van der Waals surface area contributed by atoms with Crippen LogP contribution in [0.15, 0.2) is 50.1 Å². The predicted octanol–water partition coefficient (Wildman–Crippen LogP) is 3.03. The summed E-state index contributed by atoms with van der Waals surface area (Å²) in [4.78, 5) is 20.7. The van der Waals surface area contributed by atoms with Gasteiger partial charge in [0.05, 0.1) is 21.4 Å². The van der Waals surface area contributed by atoms with Crippen LogP contribution in [0.2, 0.25) is 0 Å². The van der Waals surface area contributed by atoms with Gasteiger partial charge in [0, 0.05) is 22.3 Å². The van der Waals surface area contributed by atoms with Gasteiger partial charge >= 0.3 is 5.69 Å². The Morgan fingerprint density at radius 1 is 1.21 bits per heavy atom. The number of rotatable bonds is 3. The van der Waals surface area contributed by atoms with E-state index in [1.54, 1.807) is 36.7 Å². The molecular weight excluding hydrogens is 416 g/mol. The number of thiophene rings is 1. The Morgan fingerprint density at radius 2 is 2.04 bits per heavy atom. The highest BCUT2D eigenvalue weighted by atomic mass is 79.9. The van der Waals surface area contributed by atoms with E-state index in [0.29, 0.717) is 16.7 Å². The summed E-state index contributed by atoms with van der Waals surface area (Å²) in [6, 6.07) is 6.53. The van der Waals surface area contributed by atoms with E-state index in [9.17, 15) is 13.2 Å². The first kappa shape index (κ1) is 15.4. The summed E-state index contributed by atoms with van der Waals surface area (Å²) in [7, 11) is -3.79. The highest BCUT2D eigenvalue weighted by Gasteiger charge is 2.20. The molecule has 24 heavy (non-hydrogen) atoms. The molecule has 0 spiro atoms. The van der Waals surface area contributed by atoms with E-state index in [4.69, 9.17) is 0 Å². The van der Waals surface area contributed by atoms with Crippen molar-refractivity contribution in [1.29, 1.82) is 0 Å². The molecule has 0 saturated carbocycles. The number of hydrogen-bond acceptors (Lipinski definition) is 5. The lowest BCUT2D eigenvalue weighted by Crippen LogP contribution is -2.11. The van der Waals surface area contributed by atoms with Crippen LogP contribution < -0.4 is 10.4 Å². The van der Waals surface area contributed by atoms with E-state index in [1.807, 2.05) is 0 Å². The van der Waals surface area contributed by atoms with Gasteiger partial charge in [-0.1, -0.05) is 6.07 Å². The van der Waals surface area contributed by atoms with Crippen molar-refractivity contribution in [3.8, 4) is 0 Å². The van der Waals surface area contributed by atoms with Crippen LogP contribution in [0.1, 0.15) is 0 Å². The van der Waals surface area contributed by atoms with Crippen LogP contribution in [0.4, 0.5) is 5.69 Å². The molecule has 0 aliphatic rings. The summed E-state index contributed by atoms with van der Waals surface area (Å²) < 4.78 is 29.6. The molecule has 0 bridgehead atoms. The number of nitrogens with one attached hydrogen (secondary N) is 3. The van der Waals surface area contributed by atoms with Crippen LogP contribution in [-0.2, 0) is 10.0 Å². The SMILES string of the molecule is O=c1[nH]c2cccc(NS(=O)(=O)c3cc4c(Br)cncc4s3)c2[nH]1. The van der Waals surface area contributed by atoms with E-state index < -0.39 is 15.7 Å². The fraction of sp³-hybridized carbons (Fsp3) is 0. The van der Waals surface area contributed by atoms with Crippen LogP contribution in [-0.4, -0.2) is 23.4 Å². The smallest absolute Gasteiger partial charge is 0.306 e. The number of H-pyrrole nitrogens is 2. The fourth-order valence-corrected chi connectivity index (χ4v) is 5.40. The standard InChI is InChI=1S/C14H9BrN4O3S2/c15-8-5-16-6-11-7(8)4-12(23-11)24(21,22)19-10-3-1-2-9-13(10)18-14(20)17-9/h1-6,19H,(H2,17,18,20). The van der Waals surface area contributed by atoms with Crippen LogP contribution in [0.25, 0.3) is 21.1 Å². The first-order valence-electron chi connectivity index (χ1n) is 6.71. The predicted molar refractivity (Wildman–Crippen MR) is 97.0 cm³/mol. The number of benzene rings is 1. The number of sulfonamides is 1. The van der Waals surface area contributed by atoms with E-state index in [0.717, 1.165) is 25.9 Å². The summed E-state index contributed by atoms with van der Waals surface area (Å²) in [6.45, 7) is 0. The van der Waals surface area contributed by atoms with Gasteiger partial charge in [-0.25, -0.2) is 13.2 Å². The van der Waals surface area contributed by atoms with Gasteiger partial charge < -0.3 is 9.97 Å². The van der Waals surface area contributed by atoms with Gasteiger partial charge in [-0.15, -0.1) is 11.3 Å². The molecule has 4 aromatic rings. The average molecular weight is 425 g/mol. The van der Waals surface area contributed by atoms with Gasteiger partial charge in [0.1, 0.15) is 4.21 Å². The number of pyridine rings is 1. The molecule has 0 radical (unpaired) electrons. The van der Waals surface area contributed by atoms with Crippen LogP contribution in [0.3, 0.4) is 0 Å². The van der Waals surface area contributed by atoms with Gasteiger partial charge in [-0.2, -0.15) is 0 Å². The molecule has 1 aromatic carbocycles. The lowest BCUT2D eigenvalue weighted by molar-refractivity contribution is 0.603. The van der Waals surface area contributed by atoms with Gasteiger partial charge in [0.2, 0.25) is 0 Å². The fourth-order valence-electron chi connectivity index (χ4n) is 2.38. The number of para-hydroxylation sites is 1. The molecule has 10 heteroatoms. The van der Waals surface area contributed by atoms with Gasteiger partial charge in [-0.05, 0) is 34.1 Å². The summed E-state index contributed by atoms with van der Waals surface area (Å²) in [5.41, 5.74) is 0.854. The zero-order valence-corrected chi connectivity index (χ0v) is 15.0. The van der Waals surface area contributed by atoms with Crippen LogP contribution in [0.5, 0.6) is 0 Å². The number of aromatic amines is 2. The maximum Gasteiger partial charge on any atom is 0.323 e. The van der Waals surface area contributed by atoms with Crippen LogP contribution >= 0.6 is 27.3 Å². The van der Waals surface area contributed by atoms with Crippen molar-refractivity contribution in [2.45, 2.75) is 4.21 Å². The van der Waals surface area contributed by atoms with E-state index in [2.05, 4.69) is 35.6 Å². The molecule has 0 unspecified atom stereocenters. The second kappa shape index (κ2) is 5.43. The molecule has 3 N–H and O–H groups in total. The summed E-state index contributed by atoms with van der Waals surface area (Å²) in [6.07, 6.45) is 3.23. The van der Waals surface area contributed by atoms with Crippen molar-refractivity contribution >= 4 is 64.1 Å². The third-order valence-corrected chi connectivity index (χ3v) is 6.98. The molecule has 0 amide bonds. The highest BCUT2D eigenvalue weighted by Crippen LogP contribution is 2.34. The van der Waals surface area contributed by atoms with Crippen molar-refractivity contribution in [3.05, 3.63) is 51.6 Å². The molecule has 4 rings (SSSR count). The summed E-state index contributed by atoms with van der Waals surface area (Å²) >= 11 is 4.49. The first-order chi connectivity index (χ1) is 11.4. The third-order valence-electron chi connectivity index (χ3n) is 3.44. The number of nitrogens with zero attached hydrogens (tertiary/aromatic N) is 1. The minimum absolute atomic E-state index is 0.168. The highest BCUT2D eigenvalue weighted by molar-refractivity contribution is 9.10. The Labute approximate surface area is 147 Å². The molecule has 3 aromatic heterocycles. The number of halogens is 1. The van der Waals surface area contributed by atoms with Gasteiger partial charge in [0.15, 0.2) is 0 Å². The first-order valence-corrected chi connectivity index (χ1v) is 9.80. The Morgan fingerprint density at radius 3 is 2.83 bits per heavy atom. The minimum atomic E-state index is -3.79. The number of imidazole rings is 1. The topological polar surface area (TPSA) is 108 Å². The number of aromatic nitrogens is 3. The molecule has 7 nitrogen and oxygen atoms in total. The van der Waals surface area contributed by atoms with E-state index in [1.165, 1.54) is 0 Å². The summed E-state index contributed by atoms with van der Waals surface area (Å²) in [5, 5.41) is 0.781. The van der Waals surface area contributed by atoms with Crippen molar-refractivity contribution in [2.24, 2.45) is 0 Å². The summed E-state index contributed by atoms with van der Waals surface area (Å²) in [5.74, 6) is 0. The molecule has 0 aliphatic carbocycles. The van der Waals surface area contributed by atoms with E-state index >= 15 is 0 Å². The number of fused-ring (bicyclic) bond motifs is 2.